The predicted octanol–water partition coefficient (Wildman–Crippen LogP) is 3.55. The molecule has 0 saturated carbocycles. The van der Waals surface area contributed by atoms with E-state index in [-0.39, 0.29) is 17.8 Å². The highest BCUT2D eigenvalue weighted by Crippen LogP contribution is 2.18. The normalized spacial score (nSPS) is 13.7. The second kappa shape index (κ2) is 9.50. The molecule has 0 spiro atoms. The Labute approximate surface area is 127 Å². The van der Waals surface area contributed by atoms with Crippen molar-refractivity contribution in [3.8, 4) is 0 Å². The van der Waals surface area contributed by atoms with Gasteiger partial charge in [0, 0.05) is 6.42 Å². The predicted molar refractivity (Wildman–Crippen MR) is 84.3 cm³/mol. The van der Waals surface area contributed by atoms with Crippen LogP contribution in [-0.4, -0.2) is 12.5 Å². The molecule has 1 rings (SSSR count). The summed E-state index contributed by atoms with van der Waals surface area (Å²) in [5.74, 6) is 0.264. The minimum atomic E-state index is -0.278. The molecule has 0 saturated heterocycles. The number of nitrogens with one attached hydrogen (secondary N) is 1. The molecule has 0 aliphatic heterocycles. The van der Waals surface area contributed by atoms with Gasteiger partial charge < -0.3 is 11.1 Å². The Kier molecular flexibility index (Phi) is 7.98. The molecule has 3 N–H and O–H groups in total. The van der Waals surface area contributed by atoms with Crippen molar-refractivity contribution in [3.63, 3.8) is 0 Å². The van der Waals surface area contributed by atoms with Gasteiger partial charge in [0.15, 0.2) is 0 Å². The summed E-state index contributed by atoms with van der Waals surface area (Å²) in [6.07, 6.45) is 4.58. The number of carbonyl (C=O) groups excluding carboxylic acids is 1. The van der Waals surface area contributed by atoms with Crippen LogP contribution in [0.3, 0.4) is 0 Å². The van der Waals surface area contributed by atoms with Crippen LogP contribution in [0.1, 0.15) is 57.6 Å². The number of amides is 1. The molecule has 2 atom stereocenters. The summed E-state index contributed by atoms with van der Waals surface area (Å²) in [5, 5.41) is 2.93. The number of rotatable bonds is 9. The van der Waals surface area contributed by atoms with Crippen LogP contribution in [0.15, 0.2) is 24.3 Å². The van der Waals surface area contributed by atoms with Gasteiger partial charge in [0.1, 0.15) is 5.82 Å². The van der Waals surface area contributed by atoms with Crippen LogP contribution in [0.4, 0.5) is 4.39 Å². The molecule has 3 nitrogen and oxygen atoms in total. The molecular formula is C17H27FN2O. The summed E-state index contributed by atoms with van der Waals surface area (Å²) >= 11 is 0. The summed E-state index contributed by atoms with van der Waals surface area (Å²) < 4.78 is 13.2. The zero-order valence-electron chi connectivity index (χ0n) is 13.1. The van der Waals surface area contributed by atoms with Crippen LogP contribution >= 0.6 is 0 Å². The van der Waals surface area contributed by atoms with E-state index < -0.39 is 0 Å². The van der Waals surface area contributed by atoms with Crippen molar-refractivity contribution in [1.82, 2.24) is 5.32 Å². The third-order valence-corrected chi connectivity index (χ3v) is 3.78. The van der Waals surface area contributed by atoms with Crippen LogP contribution in [0.2, 0.25) is 0 Å². The molecule has 0 heterocycles. The maximum absolute atomic E-state index is 13.2. The zero-order valence-corrected chi connectivity index (χ0v) is 13.1. The fourth-order valence-corrected chi connectivity index (χ4v) is 2.59. The number of carbonyl (C=O) groups is 1. The van der Waals surface area contributed by atoms with Crippen molar-refractivity contribution in [2.24, 2.45) is 11.7 Å². The van der Waals surface area contributed by atoms with Gasteiger partial charge in [-0.25, -0.2) is 4.39 Å². The Morgan fingerprint density at radius 2 is 2.10 bits per heavy atom. The summed E-state index contributed by atoms with van der Waals surface area (Å²) in [5.41, 5.74) is 6.39. The monoisotopic (exact) mass is 294 g/mol. The largest absolute Gasteiger partial charge is 0.350 e. The lowest BCUT2D eigenvalue weighted by atomic mass is 9.94. The molecule has 0 aliphatic carbocycles. The van der Waals surface area contributed by atoms with Crippen molar-refractivity contribution >= 4 is 5.91 Å². The van der Waals surface area contributed by atoms with Gasteiger partial charge in [-0.1, -0.05) is 31.9 Å². The smallest absolute Gasteiger partial charge is 0.220 e. The number of hydrogen-bond donors (Lipinski definition) is 2. The fraction of sp³-hybridized carbons (Fsp3) is 0.588. The molecule has 1 amide bonds. The molecule has 21 heavy (non-hydrogen) atoms. The van der Waals surface area contributed by atoms with E-state index in [9.17, 15) is 9.18 Å². The molecule has 1 aromatic rings. The van der Waals surface area contributed by atoms with Crippen LogP contribution in [-0.2, 0) is 4.79 Å². The van der Waals surface area contributed by atoms with Gasteiger partial charge in [-0.15, -0.1) is 0 Å². The quantitative estimate of drug-likeness (QED) is 0.732. The van der Waals surface area contributed by atoms with Gasteiger partial charge in [0.05, 0.1) is 6.04 Å². The Morgan fingerprint density at radius 1 is 1.33 bits per heavy atom. The van der Waals surface area contributed by atoms with Gasteiger partial charge in [0.2, 0.25) is 5.91 Å². The van der Waals surface area contributed by atoms with Gasteiger partial charge in [-0.3, -0.25) is 4.79 Å². The fourth-order valence-electron chi connectivity index (χ4n) is 2.59. The topological polar surface area (TPSA) is 55.1 Å². The molecule has 0 aromatic heterocycles. The van der Waals surface area contributed by atoms with E-state index in [1.54, 1.807) is 6.07 Å². The molecular weight excluding hydrogens is 267 g/mol. The van der Waals surface area contributed by atoms with Crippen LogP contribution < -0.4 is 11.1 Å². The van der Waals surface area contributed by atoms with Gasteiger partial charge >= 0.3 is 0 Å². The minimum Gasteiger partial charge on any atom is -0.350 e. The molecule has 0 radical (unpaired) electrons. The van der Waals surface area contributed by atoms with E-state index in [2.05, 4.69) is 12.2 Å². The maximum Gasteiger partial charge on any atom is 0.220 e. The molecule has 2 unspecified atom stereocenters. The highest BCUT2D eigenvalue weighted by Gasteiger charge is 2.13. The van der Waals surface area contributed by atoms with E-state index in [1.165, 1.54) is 12.1 Å². The highest BCUT2D eigenvalue weighted by molar-refractivity contribution is 5.76. The molecule has 0 bridgehead atoms. The van der Waals surface area contributed by atoms with Crippen molar-refractivity contribution in [2.45, 2.75) is 52.0 Å². The Morgan fingerprint density at radius 3 is 2.71 bits per heavy atom. The van der Waals surface area contributed by atoms with Crippen LogP contribution in [0.5, 0.6) is 0 Å². The molecule has 0 aliphatic rings. The average Bonchev–Trinajstić information content (AvgIpc) is 2.45. The second-order valence-electron chi connectivity index (χ2n) is 5.61. The first-order chi connectivity index (χ1) is 10.1. The minimum absolute atomic E-state index is 0.0184. The van der Waals surface area contributed by atoms with Crippen molar-refractivity contribution in [2.75, 3.05) is 6.54 Å². The Hall–Kier alpha value is -1.42. The maximum atomic E-state index is 13.2. The third-order valence-electron chi connectivity index (χ3n) is 3.78. The lowest BCUT2D eigenvalue weighted by molar-refractivity contribution is -0.122. The standard InChI is InChI=1S/C17H27FN2O/c1-3-5-14(10-11-19)8-9-17(21)20-13(2)15-6-4-7-16(18)12-15/h4,6-7,12-14H,3,5,8-11,19H2,1-2H3,(H,20,21). The summed E-state index contributed by atoms with van der Waals surface area (Å²) in [4.78, 5) is 12.0. The van der Waals surface area contributed by atoms with Crippen molar-refractivity contribution in [3.05, 3.63) is 35.6 Å². The third kappa shape index (κ3) is 6.71. The van der Waals surface area contributed by atoms with Gasteiger partial charge in [0.25, 0.3) is 0 Å². The first-order valence-corrected chi connectivity index (χ1v) is 7.81. The SMILES string of the molecule is CCCC(CCN)CCC(=O)NC(C)c1cccc(F)c1. The summed E-state index contributed by atoms with van der Waals surface area (Å²) in [6.45, 7) is 4.69. The number of nitrogens with two attached hydrogens (primary N) is 1. The van der Waals surface area contributed by atoms with Gasteiger partial charge in [-0.2, -0.15) is 0 Å². The Balaban J connectivity index is 2.42. The lowest BCUT2D eigenvalue weighted by Gasteiger charge is -2.17. The molecule has 118 valence electrons. The first kappa shape index (κ1) is 17.6. The van der Waals surface area contributed by atoms with Crippen LogP contribution in [0, 0.1) is 11.7 Å². The molecule has 4 heteroatoms. The highest BCUT2D eigenvalue weighted by atomic mass is 19.1. The first-order valence-electron chi connectivity index (χ1n) is 7.81. The molecule has 0 fully saturated rings. The average molecular weight is 294 g/mol. The van der Waals surface area contributed by atoms with E-state index in [4.69, 9.17) is 5.73 Å². The summed E-state index contributed by atoms with van der Waals surface area (Å²) in [6, 6.07) is 6.17. The number of hydrogen-bond acceptors (Lipinski definition) is 2. The zero-order chi connectivity index (χ0) is 15.7. The van der Waals surface area contributed by atoms with Gasteiger partial charge in [-0.05, 0) is 49.9 Å². The van der Waals surface area contributed by atoms with Crippen molar-refractivity contribution < 1.29 is 9.18 Å². The number of benzene rings is 1. The van der Waals surface area contributed by atoms with E-state index in [1.807, 2.05) is 13.0 Å². The lowest BCUT2D eigenvalue weighted by Crippen LogP contribution is -2.27. The van der Waals surface area contributed by atoms with Crippen LogP contribution in [0.25, 0.3) is 0 Å². The molecule has 1 aromatic carbocycles. The summed E-state index contributed by atoms with van der Waals surface area (Å²) in [7, 11) is 0. The number of halogens is 1. The second-order valence-corrected chi connectivity index (χ2v) is 5.61. The van der Waals surface area contributed by atoms with Crippen molar-refractivity contribution in [1.29, 1.82) is 0 Å². The van der Waals surface area contributed by atoms with E-state index in [0.29, 0.717) is 18.9 Å². The van der Waals surface area contributed by atoms with E-state index >= 15 is 0 Å². The van der Waals surface area contributed by atoms with E-state index in [0.717, 1.165) is 31.2 Å². The Bertz CT molecular complexity index is 431.